The molecule has 2 aliphatic rings. The lowest BCUT2D eigenvalue weighted by atomic mass is 9.99. The first kappa shape index (κ1) is 29.8. The number of urea groups is 1. The number of fused-ring (bicyclic) bond motifs is 1. The van der Waals surface area contributed by atoms with Crippen LogP contribution in [-0.4, -0.2) is 51.9 Å². The van der Waals surface area contributed by atoms with E-state index in [1.807, 2.05) is 4.57 Å². The number of carbonyl (C=O) groups excluding carboxylic acids is 2. The third kappa shape index (κ3) is 5.43. The number of nitrogens with one attached hydrogen (secondary N) is 2. The zero-order valence-electron chi connectivity index (χ0n) is 23.8. The zero-order chi connectivity index (χ0) is 31.2. The lowest BCUT2D eigenvalue weighted by Gasteiger charge is -2.17. The van der Waals surface area contributed by atoms with Crippen molar-refractivity contribution in [3.63, 3.8) is 0 Å². The molecule has 6 rings (SSSR count). The molecule has 44 heavy (non-hydrogen) atoms. The molecule has 3 aromatic heterocycles. The van der Waals surface area contributed by atoms with Crippen molar-refractivity contribution in [2.75, 3.05) is 25.1 Å². The van der Waals surface area contributed by atoms with Crippen LogP contribution in [0.25, 0.3) is 32.6 Å². The molecular formula is C30H28F3N5O5S. The Hall–Kier alpha value is -4.30. The topological polar surface area (TPSA) is 124 Å². The molecule has 2 amide bonds. The van der Waals surface area contributed by atoms with Crippen LogP contribution in [0.15, 0.2) is 46.8 Å². The summed E-state index contributed by atoms with van der Waals surface area (Å²) < 4.78 is 53.5. The van der Waals surface area contributed by atoms with Gasteiger partial charge in [-0.3, -0.25) is 10.1 Å². The number of hydrogen-bond acceptors (Lipinski definition) is 8. The molecule has 4 heterocycles. The van der Waals surface area contributed by atoms with Crippen molar-refractivity contribution < 1.29 is 32.2 Å². The fourth-order valence-electron chi connectivity index (χ4n) is 5.68. The van der Waals surface area contributed by atoms with Gasteiger partial charge in [-0.1, -0.05) is 6.07 Å². The van der Waals surface area contributed by atoms with E-state index in [9.17, 15) is 27.6 Å². The van der Waals surface area contributed by atoms with Gasteiger partial charge in [0, 0.05) is 53.9 Å². The summed E-state index contributed by atoms with van der Waals surface area (Å²) in [7, 11) is 0. The van der Waals surface area contributed by atoms with Crippen LogP contribution in [0.2, 0.25) is 0 Å². The maximum atomic E-state index is 13.7. The quantitative estimate of drug-likeness (QED) is 0.240. The number of ether oxygens (including phenoxy) is 2. The van der Waals surface area contributed by atoms with Crippen LogP contribution in [0.3, 0.4) is 0 Å². The Kier molecular flexibility index (Phi) is 7.66. The van der Waals surface area contributed by atoms with E-state index in [2.05, 4.69) is 20.6 Å². The minimum atomic E-state index is -4.65. The van der Waals surface area contributed by atoms with Crippen molar-refractivity contribution in [3.05, 3.63) is 63.5 Å². The number of nitrogens with zero attached hydrogens (tertiary/aromatic N) is 3. The highest BCUT2D eigenvalue weighted by Gasteiger charge is 2.58. The first-order valence-electron chi connectivity index (χ1n) is 14.1. The highest BCUT2D eigenvalue weighted by molar-refractivity contribution is 7.13. The predicted octanol–water partition coefficient (Wildman–Crippen LogP) is 6.02. The number of hydrogen-bond donors (Lipinski definition) is 2. The fraction of sp³-hybridized carbons (Fsp3) is 0.367. The van der Waals surface area contributed by atoms with E-state index in [0.29, 0.717) is 29.8 Å². The third-order valence-corrected chi connectivity index (χ3v) is 8.68. The van der Waals surface area contributed by atoms with E-state index in [4.69, 9.17) is 9.47 Å². The number of pyridine rings is 2. The summed E-state index contributed by atoms with van der Waals surface area (Å²) >= 11 is 0.792. The van der Waals surface area contributed by atoms with Crippen LogP contribution in [-0.2, 0) is 15.7 Å². The molecule has 1 saturated carbocycles. The maximum Gasteiger partial charge on any atom is 0.434 e. The average Bonchev–Trinajstić information content (AvgIpc) is 3.30. The number of esters is 1. The fourth-order valence-corrected chi connectivity index (χ4v) is 6.53. The molecule has 0 bridgehead atoms. The first-order valence-corrected chi connectivity index (χ1v) is 15.0. The van der Waals surface area contributed by atoms with Gasteiger partial charge in [-0.15, -0.1) is 11.3 Å². The molecule has 14 heteroatoms. The van der Waals surface area contributed by atoms with Gasteiger partial charge < -0.3 is 19.4 Å². The van der Waals surface area contributed by atoms with Crippen molar-refractivity contribution in [1.82, 2.24) is 19.9 Å². The number of carbonyl (C=O) groups is 2. The lowest BCUT2D eigenvalue weighted by Crippen LogP contribution is -2.28. The number of amides is 2. The Morgan fingerprint density at radius 1 is 1.23 bits per heavy atom. The molecule has 4 aromatic rings. The molecule has 2 atom stereocenters. The Labute approximate surface area is 253 Å². The predicted molar refractivity (Wildman–Crippen MR) is 158 cm³/mol. The summed E-state index contributed by atoms with van der Waals surface area (Å²) in [5.41, 5.74) is -0.339. The van der Waals surface area contributed by atoms with Crippen molar-refractivity contribution >= 4 is 40.1 Å². The van der Waals surface area contributed by atoms with Crippen LogP contribution < -0.4 is 16.1 Å². The zero-order valence-corrected chi connectivity index (χ0v) is 24.6. The largest absolute Gasteiger partial charge is 0.462 e. The minimum Gasteiger partial charge on any atom is -0.462 e. The van der Waals surface area contributed by atoms with Crippen LogP contribution in [0.1, 0.15) is 55.2 Å². The van der Waals surface area contributed by atoms with Crippen LogP contribution >= 0.6 is 11.3 Å². The van der Waals surface area contributed by atoms with Crippen LogP contribution in [0.4, 0.5) is 23.8 Å². The van der Waals surface area contributed by atoms with Gasteiger partial charge in [0.15, 0.2) is 5.69 Å². The average molecular weight is 628 g/mol. The SMILES string of the molecule is CCNC(=O)Nc1cc(-c2nc(C(F)(F)F)cs2)c(-c2ccc3c(c2)c(=O)c(C(=O)OCC)cn3[C@@H]2C[C@@]23CCCO3)cn1. The first-order chi connectivity index (χ1) is 21.0. The highest BCUT2D eigenvalue weighted by Crippen LogP contribution is 2.57. The Morgan fingerprint density at radius 3 is 2.73 bits per heavy atom. The van der Waals surface area contributed by atoms with E-state index >= 15 is 0 Å². The van der Waals surface area contributed by atoms with Gasteiger partial charge in [-0.05, 0) is 50.5 Å². The van der Waals surface area contributed by atoms with E-state index in [1.165, 1.54) is 18.5 Å². The van der Waals surface area contributed by atoms with Gasteiger partial charge in [-0.25, -0.2) is 19.6 Å². The lowest BCUT2D eigenvalue weighted by molar-refractivity contribution is -0.140. The number of thiazole rings is 1. The number of benzene rings is 1. The molecule has 1 aliphatic heterocycles. The minimum absolute atomic E-state index is 0.0461. The number of rotatable bonds is 7. The van der Waals surface area contributed by atoms with Crippen LogP contribution in [0, 0.1) is 0 Å². The van der Waals surface area contributed by atoms with Gasteiger partial charge in [-0.2, -0.15) is 13.2 Å². The van der Waals surface area contributed by atoms with Crippen molar-refractivity contribution in [1.29, 1.82) is 0 Å². The number of halogens is 3. The molecule has 1 aromatic carbocycles. The summed E-state index contributed by atoms with van der Waals surface area (Å²) in [4.78, 5) is 46.8. The van der Waals surface area contributed by atoms with Crippen molar-refractivity contribution in [2.24, 2.45) is 0 Å². The van der Waals surface area contributed by atoms with E-state index in [0.717, 1.165) is 36.0 Å². The second-order valence-electron chi connectivity index (χ2n) is 10.6. The standard InChI is InChI=1S/C30H28F3N5O5S/c1-3-34-28(41)37-24-11-17(26-36-22(15-44-26)30(31,32)33)19(13-35-24)16-6-7-21-18(10-16)25(39)20(27(40)42-4-2)14-38(21)23-12-29(23)8-5-9-43-29/h6-7,10-11,13-15,23H,3-5,8-9,12H2,1-2H3,(H2,34,35,37,41)/t23-,29+/m1/s1. The molecule has 2 fully saturated rings. The molecule has 1 spiro atoms. The molecule has 0 radical (unpaired) electrons. The molecule has 2 N–H and O–H groups in total. The van der Waals surface area contributed by atoms with E-state index < -0.39 is 29.3 Å². The Bertz CT molecular complexity index is 1830. The van der Waals surface area contributed by atoms with Gasteiger partial charge >= 0.3 is 18.2 Å². The summed E-state index contributed by atoms with van der Waals surface area (Å²) in [6.07, 6.45) is 0.837. The monoisotopic (exact) mass is 627 g/mol. The second-order valence-corrected chi connectivity index (χ2v) is 11.5. The Balaban J connectivity index is 1.51. The molecule has 1 aliphatic carbocycles. The maximum absolute atomic E-state index is 13.7. The van der Waals surface area contributed by atoms with Gasteiger partial charge in [0.25, 0.3) is 0 Å². The number of anilines is 1. The molecule has 10 nitrogen and oxygen atoms in total. The smallest absolute Gasteiger partial charge is 0.434 e. The summed E-state index contributed by atoms with van der Waals surface area (Å²) in [5, 5.41) is 6.34. The van der Waals surface area contributed by atoms with Gasteiger partial charge in [0.1, 0.15) is 16.4 Å². The third-order valence-electron chi connectivity index (χ3n) is 7.80. The van der Waals surface area contributed by atoms with Crippen LogP contribution in [0.5, 0.6) is 0 Å². The highest BCUT2D eigenvalue weighted by atomic mass is 32.1. The molecule has 1 saturated heterocycles. The van der Waals surface area contributed by atoms with Gasteiger partial charge in [0.2, 0.25) is 5.43 Å². The molecule has 230 valence electrons. The second kappa shape index (κ2) is 11.3. The summed E-state index contributed by atoms with van der Waals surface area (Å²) in [5.74, 6) is -0.645. The molecule has 0 unspecified atom stereocenters. The van der Waals surface area contributed by atoms with E-state index in [1.54, 1.807) is 32.0 Å². The van der Waals surface area contributed by atoms with E-state index in [-0.39, 0.29) is 45.6 Å². The van der Waals surface area contributed by atoms with Crippen molar-refractivity contribution in [3.8, 4) is 21.7 Å². The number of alkyl halides is 3. The van der Waals surface area contributed by atoms with Crippen molar-refractivity contribution in [2.45, 2.75) is 50.9 Å². The summed E-state index contributed by atoms with van der Waals surface area (Å²) in [6.45, 7) is 4.48. The van der Waals surface area contributed by atoms with Gasteiger partial charge in [0.05, 0.1) is 23.8 Å². The normalized spacial score (nSPS) is 19.3. The Morgan fingerprint density at radius 2 is 2.05 bits per heavy atom. The summed E-state index contributed by atoms with van der Waals surface area (Å²) in [6, 6.07) is 5.91. The molecular weight excluding hydrogens is 599 g/mol. The number of aromatic nitrogens is 3.